The zero-order chi connectivity index (χ0) is 22.3. The predicted octanol–water partition coefficient (Wildman–Crippen LogP) is 10.2. The fourth-order valence-corrected chi connectivity index (χ4v) is 4.81. The summed E-state index contributed by atoms with van der Waals surface area (Å²) in [5.41, 5.74) is 0. The summed E-state index contributed by atoms with van der Waals surface area (Å²) in [5.74, 6) is 0.939. The molecule has 0 aliphatic heterocycles. The van der Waals surface area contributed by atoms with E-state index in [9.17, 15) is 5.11 Å². The molecule has 2 unspecified atom stereocenters. The molecule has 2 atom stereocenters. The molecular weight excluding hydrogens is 364 g/mol. The van der Waals surface area contributed by atoms with E-state index < -0.39 is 0 Å². The van der Waals surface area contributed by atoms with Crippen LogP contribution in [0.4, 0.5) is 0 Å². The van der Waals surface area contributed by atoms with Gasteiger partial charge in [0.15, 0.2) is 0 Å². The summed E-state index contributed by atoms with van der Waals surface area (Å²) in [5, 5.41) is 10.7. The number of hydrogen-bond acceptors (Lipinski definition) is 1. The lowest BCUT2D eigenvalue weighted by Gasteiger charge is -2.25. The minimum absolute atomic E-state index is 0.0952. The predicted molar refractivity (Wildman–Crippen MR) is 137 cm³/mol. The molecule has 0 rings (SSSR count). The third kappa shape index (κ3) is 19.9. The van der Waals surface area contributed by atoms with E-state index in [0.717, 1.165) is 0 Å². The van der Waals surface area contributed by atoms with Crippen LogP contribution >= 0.6 is 0 Å². The Morgan fingerprint density at radius 2 is 0.633 bits per heavy atom. The van der Waals surface area contributed by atoms with E-state index in [1.54, 1.807) is 0 Å². The van der Waals surface area contributed by atoms with Gasteiger partial charge in [-0.1, -0.05) is 156 Å². The van der Waals surface area contributed by atoms with Gasteiger partial charge in [-0.3, -0.25) is 0 Å². The first-order valence-corrected chi connectivity index (χ1v) is 14.3. The fourth-order valence-electron chi connectivity index (χ4n) is 4.81. The third-order valence-corrected chi connectivity index (χ3v) is 7.19. The van der Waals surface area contributed by atoms with Crippen molar-refractivity contribution in [3.05, 3.63) is 0 Å². The molecule has 0 amide bonds. The van der Waals surface area contributed by atoms with E-state index in [1.165, 1.54) is 141 Å². The van der Waals surface area contributed by atoms with Crippen LogP contribution in [-0.4, -0.2) is 11.2 Å². The Morgan fingerprint density at radius 3 is 0.900 bits per heavy atom. The summed E-state index contributed by atoms with van der Waals surface area (Å²) < 4.78 is 0. The monoisotopic (exact) mass is 424 g/mol. The zero-order valence-electron chi connectivity index (χ0n) is 21.7. The second-order valence-corrected chi connectivity index (χ2v) is 10.4. The molecular formula is C29H60O. The highest BCUT2D eigenvalue weighted by Gasteiger charge is 2.20. The van der Waals surface area contributed by atoms with Crippen LogP contribution in [0.1, 0.15) is 169 Å². The van der Waals surface area contributed by atoms with E-state index in [0.29, 0.717) is 11.8 Å². The lowest BCUT2D eigenvalue weighted by atomic mass is 9.86. The van der Waals surface area contributed by atoms with Gasteiger partial charge >= 0.3 is 0 Å². The molecule has 0 aromatic carbocycles. The molecule has 30 heavy (non-hydrogen) atoms. The van der Waals surface area contributed by atoms with Gasteiger partial charge in [-0.15, -0.1) is 0 Å². The lowest BCUT2D eigenvalue weighted by Crippen LogP contribution is -2.25. The van der Waals surface area contributed by atoms with E-state index in [4.69, 9.17) is 0 Å². The molecule has 0 aliphatic carbocycles. The van der Waals surface area contributed by atoms with E-state index in [2.05, 4.69) is 27.7 Å². The number of unbranched alkanes of at least 4 members (excludes halogenated alkanes) is 18. The molecule has 0 aromatic heterocycles. The first-order valence-electron chi connectivity index (χ1n) is 14.3. The SMILES string of the molecule is CCCCCCCCCCCCC(C)C(O)C(C)CCCCCCCCCCCC. The van der Waals surface area contributed by atoms with Crippen LogP contribution in [0.5, 0.6) is 0 Å². The van der Waals surface area contributed by atoms with E-state index in [-0.39, 0.29) is 6.10 Å². The molecule has 1 N–H and O–H groups in total. The highest BCUT2D eigenvalue weighted by Crippen LogP contribution is 2.24. The van der Waals surface area contributed by atoms with Crippen molar-refractivity contribution in [2.75, 3.05) is 0 Å². The van der Waals surface area contributed by atoms with Crippen LogP contribution in [-0.2, 0) is 0 Å². The van der Waals surface area contributed by atoms with Crippen LogP contribution in [0.15, 0.2) is 0 Å². The van der Waals surface area contributed by atoms with Crippen LogP contribution in [0.2, 0.25) is 0 Å². The summed E-state index contributed by atoms with van der Waals surface area (Å²) in [4.78, 5) is 0. The highest BCUT2D eigenvalue weighted by molar-refractivity contribution is 4.71. The number of hydrogen-bond donors (Lipinski definition) is 1. The molecule has 1 nitrogen and oxygen atoms in total. The molecule has 0 fully saturated rings. The van der Waals surface area contributed by atoms with Gasteiger partial charge in [0.1, 0.15) is 0 Å². The lowest BCUT2D eigenvalue weighted by molar-refractivity contribution is 0.0552. The average Bonchev–Trinajstić information content (AvgIpc) is 2.75. The Hall–Kier alpha value is -0.0400. The van der Waals surface area contributed by atoms with Crippen molar-refractivity contribution in [1.82, 2.24) is 0 Å². The maximum Gasteiger partial charge on any atom is 0.0591 e. The fraction of sp³-hybridized carbons (Fsp3) is 1.00. The second kappa shape index (κ2) is 23.6. The van der Waals surface area contributed by atoms with Gasteiger partial charge < -0.3 is 5.11 Å². The van der Waals surface area contributed by atoms with Gasteiger partial charge in [-0.25, -0.2) is 0 Å². The summed E-state index contributed by atoms with van der Waals surface area (Å²) in [6.45, 7) is 9.12. The van der Waals surface area contributed by atoms with Gasteiger partial charge in [0.05, 0.1) is 6.10 Å². The average molecular weight is 425 g/mol. The highest BCUT2D eigenvalue weighted by atomic mass is 16.3. The number of aliphatic hydroxyl groups excluding tert-OH is 1. The summed E-state index contributed by atoms with van der Waals surface area (Å²) in [6.07, 6.45) is 30.3. The largest absolute Gasteiger partial charge is 0.393 e. The standard InChI is InChI=1S/C29H60O/c1-5-7-9-11-13-15-17-19-21-23-25-27(3)29(30)28(4)26-24-22-20-18-16-14-12-10-8-6-2/h27-30H,5-26H2,1-4H3. The van der Waals surface area contributed by atoms with Gasteiger partial charge in [0.25, 0.3) is 0 Å². The quantitative estimate of drug-likeness (QED) is 0.153. The molecule has 0 aliphatic rings. The second-order valence-electron chi connectivity index (χ2n) is 10.4. The molecule has 0 radical (unpaired) electrons. The molecule has 0 bridgehead atoms. The summed E-state index contributed by atoms with van der Waals surface area (Å²) in [6, 6.07) is 0. The van der Waals surface area contributed by atoms with Crippen molar-refractivity contribution in [2.24, 2.45) is 11.8 Å². The molecule has 0 aromatic rings. The Balaban J connectivity index is 3.47. The van der Waals surface area contributed by atoms with Crippen LogP contribution in [0, 0.1) is 11.8 Å². The molecule has 0 heterocycles. The number of aliphatic hydroxyl groups is 1. The Morgan fingerprint density at radius 1 is 0.400 bits per heavy atom. The van der Waals surface area contributed by atoms with Crippen molar-refractivity contribution >= 4 is 0 Å². The van der Waals surface area contributed by atoms with Gasteiger partial charge in [-0.2, -0.15) is 0 Å². The molecule has 1 heteroatoms. The minimum atomic E-state index is -0.0952. The maximum absolute atomic E-state index is 10.7. The van der Waals surface area contributed by atoms with Crippen molar-refractivity contribution in [1.29, 1.82) is 0 Å². The topological polar surface area (TPSA) is 20.2 Å². The van der Waals surface area contributed by atoms with Crippen molar-refractivity contribution in [3.8, 4) is 0 Å². The zero-order valence-corrected chi connectivity index (χ0v) is 21.7. The normalized spacial score (nSPS) is 14.7. The molecule has 0 saturated carbocycles. The number of rotatable bonds is 24. The molecule has 0 spiro atoms. The van der Waals surface area contributed by atoms with Crippen LogP contribution in [0.25, 0.3) is 0 Å². The van der Waals surface area contributed by atoms with Crippen LogP contribution < -0.4 is 0 Å². The van der Waals surface area contributed by atoms with E-state index >= 15 is 0 Å². The Kier molecular flexibility index (Phi) is 23.6. The van der Waals surface area contributed by atoms with Gasteiger partial charge in [0, 0.05) is 0 Å². The molecule has 182 valence electrons. The maximum atomic E-state index is 10.7. The molecule has 0 saturated heterocycles. The summed E-state index contributed by atoms with van der Waals surface area (Å²) >= 11 is 0. The van der Waals surface area contributed by atoms with Crippen molar-refractivity contribution in [3.63, 3.8) is 0 Å². The van der Waals surface area contributed by atoms with Crippen molar-refractivity contribution < 1.29 is 5.11 Å². The van der Waals surface area contributed by atoms with E-state index in [1.807, 2.05) is 0 Å². The van der Waals surface area contributed by atoms with Crippen molar-refractivity contribution in [2.45, 2.75) is 175 Å². The minimum Gasteiger partial charge on any atom is -0.393 e. The smallest absolute Gasteiger partial charge is 0.0591 e. The summed E-state index contributed by atoms with van der Waals surface area (Å²) in [7, 11) is 0. The first-order chi connectivity index (χ1) is 14.6. The van der Waals surface area contributed by atoms with Gasteiger partial charge in [-0.05, 0) is 24.7 Å². The third-order valence-electron chi connectivity index (χ3n) is 7.19. The Bertz CT molecular complexity index is 283. The van der Waals surface area contributed by atoms with Gasteiger partial charge in [0.2, 0.25) is 0 Å². The first kappa shape index (κ1) is 30.0. The Labute approximate surface area is 192 Å². The van der Waals surface area contributed by atoms with Crippen LogP contribution in [0.3, 0.4) is 0 Å².